The highest BCUT2D eigenvalue weighted by molar-refractivity contribution is 6.30. The normalized spacial score (nSPS) is 17.8. The van der Waals surface area contributed by atoms with Crippen molar-refractivity contribution < 1.29 is 19.0 Å². The molecule has 25 heavy (non-hydrogen) atoms. The average Bonchev–Trinajstić information content (AvgIpc) is 2.65. The number of benzene rings is 2. The van der Waals surface area contributed by atoms with E-state index in [4.69, 9.17) is 25.8 Å². The molecule has 0 aromatic heterocycles. The van der Waals surface area contributed by atoms with Crippen LogP contribution in [0.5, 0.6) is 17.2 Å². The van der Waals surface area contributed by atoms with Crippen molar-refractivity contribution >= 4 is 23.6 Å². The molecule has 0 saturated heterocycles. The van der Waals surface area contributed by atoms with E-state index >= 15 is 0 Å². The minimum atomic E-state index is -0.231. The highest BCUT2D eigenvalue weighted by Gasteiger charge is 2.23. The number of halogens is 1. The highest BCUT2D eigenvalue weighted by atomic mass is 35.5. The van der Waals surface area contributed by atoms with E-state index in [9.17, 15) is 4.79 Å². The first-order valence-electron chi connectivity index (χ1n) is 7.98. The maximum atomic E-state index is 12.4. The van der Waals surface area contributed by atoms with Gasteiger partial charge >= 0.3 is 0 Å². The Kier molecular flexibility index (Phi) is 4.24. The topological polar surface area (TPSA) is 56.8 Å². The van der Waals surface area contributed by atoms with Crippen molar-refractivity contribution in [1.82, 2.24) is 5.32 Å². The first kappa shape index (κ1) is 15.8. The van der Waals surface area contributed by atoms with Gasteiger partial charge in [-0.05, 0) is 36.4 Å². The van der Waals surface area contributed by atoms with Gasteiger partial charge in [-0.3, -0.25) is 4.79 Å². The molecule has 0 saturated carbocycles. The number of rotatable bonds is 3. The second-order valence-electron chi connectivity index (χ2n) is 5.85. The lowest BCUT2D eigenvalue weighted by atomic mass is 10.1. The number of hydrogen-bond acceptors (Lipinski definition) is 4. The van der Waals surface area contributed by atoms with Crippen LogP contribution in [0.3, 0.4) is 0 Å². The van der Waals surface area contributed by atoms with Gasteiger partial charge in [-0.2, -0.15) is 0 Å². The van der Waals surface area contributed by atoms with Gasteiger partial charge in [0.15, 0.2) is 11.5 Å². The molecule has 0 spiro atoms. The molecule has 2 aliphatic rings. The maximum Gasteiger partial charge on any atom is 0.250 e. The Bertz CT molecular complexity index is 849. The molecular weight excluding hydrogens is 342 g/mol. The predicted octanol–water partition coefficient (Wildman–Crippen LogP) is 3.07. The predicted molar refractivity (Wildman–Crippen MR) is 94.3 cm³/mol. The van der Waals surface area contributed by atoms with Gasteiger partial charge in [0, 0.05) is 10.6 Å². The molecule has 6 heteroatoms. The summed E-state index contributed by atoms with van der Waals surface area (Å²) in [5.41, 5.74) is 1.35. The van der Waals surface area contributed by atoms with Gasteiger partial charge in [-0.1, -0.05) is 23.7 Å². The monoisotopic (exact) mass is 357 g/mol. The molecule has 5 nitrogen and oxygen atoms in total. The van der Waals surface area contributed by atoms with Crippen LogP contribution in [0, 0.1) is 0 Å². The quantitative estimate of drug-likeness (QED) is 0.917. The third kappa shape index (κ3) is 3.42. The molecule has 0 fully saturated rings. The van der Waals surface area contributed by atoms with E-state index in [1.807, 2.05) is 24.3 Å². The Morgan fingerprint density at radius 1 is 1.12 bits per heavy atom. The highest BCUT2D eigenvalue weighted by Crippen LogP contribution is 2.31. The summed E-state index contributed by atoms with van der Waals surface area (Å²) in [6, 6.07) is 12.8. The molecule has 1 amide bonds. The minimum absolute atomic E-state index is 0.187. The fourth-order valence-electron chi connectivity index (χ4n) is 2.76. The Labute approximate surface area is 150 Å². The van der Waals surface area contributed by atoms with E-state index in [0.29, 0.717) is 29.5 Å². The van der Waals surface area contributed by atoms with Crippen molar-refractivity contribution in [2.24, 2.45) is 0 Å². The van der Waals surface area contributed by atoms with Crippen LogP contribution in [-0.2, 0) is 4.79 Å². The lowest BCUT2D eigenvalue weighted by Crippen LogP contribution is -2.41. The number of nitrogens with one attached hydrogen (secondary N) is 1. The molecule has 1 N–H and O–H groups in total. The molecule has 128 valence electrons. The standard InChI is InChI=1S/C19H16ClNO4/c20-14-5-6-16-12(8-14)7-13(10-23-16)19(22)21-9-15-11-24-17-3-1-2-4-18(17)25-15/h1-8,15H,9-11H2,(H,21,22)/t15-/m0/s1. The van der Waals surface area contributed by atoms with Crippen molar-refractivity contribution in [3.8, 4) is 17.2 Å². The van der Waals surface area contributed by atoms with E-state index in [0.717, 1.165) is 17.1 Å². The molecule has 0 aliphatic carbocycles. The second kappa shape index (κ2) is 6.69. The summed E-state index contributed by atoms with van der Waals surface area (Å²) in [5, 5.41) is 3.48. The molecule has 2 heterocycles. The minimum Gasteiger partial charge on any atom is -0.488 e. The number of carbonyl (C=O) groups is 1. The third-order valence-corrected chi connectivity index (χ3v) is 4.27. The molecule has 1 atom stereocenters. The largest absolute Gasteiger partial charge is 0.488 e. The Hall–Kier alpha value is -2.66. The van der Waals surface area contributed by atoms with Crippen LogP contribution in [0.1, 0.15) is 5.56 Å². The molecule has 0 unspecified atom stereocenters. The number of fused-ring (bicyclic) bond motifs is 2. The zero-order chi connectivity index (χ0) is 17.2. The van der Waals surface area contributed by atoms with Crippen molar-refractivity contribution in [1.29, 1.82) is 0 Å². The molecular formula is C19H16ClNO4. The van der Waals surface area contributed by atoms with Gasteiger partial charge in [0.1, 0.15) is 25.1 Å². The summed E-state index contributed by atoms with van der Waals surface area (Å²) in [6.45, 7) is 0.976. The maximum absolute atomic E-state index is 12.4. The van der Waals surface area contributed by atoms with E-state index in [2.05, 4.69) is 5.32 Å². The van der Waals surface area contributed by atoms with E-state index in [1.54, 1.807) is 24.3 Å². The van der Waals surface area contributed by atoms with Gasteiger partial charge < -0.3 is 19.5 Å². The summed E-state index contributed by atoms with van der Waals surface area (Å²) in [7, 11) is 0. The van der Waals surface area contributed by atoms with Crippen LogP contribution < -0.4 is 19.5 Å². The second-order valence-corrected chi connectivity index (χ2v) is 6.28. The number of amides is 1. The smallest absolute Gasteiger partial charge is 0.250 e. The van der Waals surface area contributed by atoms with Crippen LogP contribution in [0.25, 0.3) is 6.08 Å². The van der Waals surface area contributed by atoms with Gasteiger partial charge in [0.2, 0.25) is 0 Å². The molecule has 2 aliphatic heterocycles. The number of hydrogen-bond donors (Lipinski definition) is 1. The SMILES string of the molecule is O=C(NC[C@H]1COc2ccccc2O1)C1=Cc2cc(Cl)ccc2OC1. The number of para-hydroxylation sites is 2. The van der Waals surface area contributed by atoms with Crippen molar-refractivity contribution in [2.45, 2.75) is 6.10 Å². The van der Waals surface area contributed by atoms with E-state index in [-0.39, 0.29) is 18.6 Å². The molecule has 2 aromatic carbocycles. The molecule has 4 rings (SSSR count). The summed E-state index contributed by atoms with van der Waals surface area (Å²) in [5.74, 6) is 1.95. The van der Waals surface area contributed by atoms with Crippen molar-refractivity contribution in [3.63, 3.8) is 0 Å². The number of carbonyl (C=O) groups excluding carboxylic acids is 1. The fraction of sp³-hybridized carbons (Fsp3) is 0.211. The summed E-state index contributed by atoms with van der Waals surface area (Å²) in [6.07, 6.45) is 1.57. The van der Waals surface area contributed by atoms with Gasteiger partial charge in [0.25, 0.3) is 5.91 Å². The zero-order valence-corrected chi connectivity index (χ0v) is 14.1. The van der Waals surface area contributed by atoms with Gasteiger partial charge in [0.05, 0.1) is 12.1 Å². The summed E-state index contributed by atoms with van der Waals surface area (Å²) >= 11 is 5.99. The van der Waals surface area contributed by atoms with Crippen molar-refractivity contribution in [2.75, 3.05) is 19.8 Å². The third-order valence-electron chi connectivity index (χ3n) is 4.03. The van der Waals surface area contributed by atoms with Crippen LogP contribution in [0.15, 0.2) is 48.0 Å². The Balaban J connectivity index is 1.39. The lowest BCUT2D eigenvalue weighted by Gasteiger charge is -2.26. The van der Waals surface area contributed by atoms with Crippen LogP contribution in [0.4, 0.5) is 0 Å². The first-order chi connectivity index (χ1) is 12.2. The fourth-order valence-corrected chi connectivity index (χ4v) is 2.94. The molecule has 2 aromatic rings. The summed E-state index contributed by atoms with van der Waals surface area (Å²) < 4.78 is 17.1. The molecule has 0 bridgehead atoms. The van der Waals surface area contributed by atoms with Crippen LogP contribution in [0.2, 0.25) is 5.02 Å². The Morgan fingerprint density at radius 3 is 2.84 bits per heavy atom. The van der Waals surface area contributed by atoms with Crippen LogP contribution >= 0.6 is 11.6 Å². The van der Waals surface area contributed by atoms with E-state index < -0.39 is 0 Å². The van der Waals surface area contributed by atoms with Gasteiger partial charge in [-0.25, -0.2) is 0 Å². The molecule has 0 radical (unpaired) electrons. The lowest BCUT2D eigenvalue weighted by molar-refractivity contribution is -0.118. The van der Waals surface area contributed by atoms with Crippen molar-refractivity contribution in [3.05, 3.63) is 58.6 Å². The first-order valence-corrected chi connectivity index (χ1v) is 8.36. The average molecular weight is 358 g/mol. The number of ether oxygens (including phenoxy) is 3. The van der Waals surface area contributed by atoms with Crippen LogP contribution in [-0.4, -0.2) is 31.8 Å². The van der Waals surface area contributed by atoms with E-state index in [1.165, 1.54) is 0 Å². The zero-order valence-electron chi connectivity index (χ0n) is 13.3. The Morgan fingerprint density at radius 2 is 1.96 bits per heavy atom. The van der Waals surface area contributed by atoms with Gasteiger partial charge in [-0.15, -0.1) is 0 Å². The summed E-state index contributed by atoms with van der Waals surface area (Å²) in [4.78, 5) is 12.4.